The van der Waals surface area contributed by atoms with E-state index in [9.17, 15) is 4.39 Å². The van der Waals surface area contributed by atoms with E-state index < -0.39 is 18.1 Å². The van der Waals surface area contributed by atoms with Gasteiger partial charge in [-0.1, -0.05) is 11.6 Å². The van der Waals surface area contributed by atoms with Gasteiger partial charge in [-0.3, -0.25) is 9.67 Å². The second-order valence-corrected chi connectivity index (χ2v) is 9.52. The van der Waals surface area contributed by atoms with Crippen LogP contribution in [0.25, 0.3) is 28.1 Å². The summed E-state index contributed by atoms with van der Waals surface area (Å²) in [5.41, 5.74) is 4.13. The number of fused-ring (bicyclic) bond motifs is 1. The zero-order valence-electron chi connectivity index (χ0n) is 21.5. The normalized spacial score (nSPS) is 17.3. The minimum Gasteiger partial charge on any atom is -0.486 e. The van der Waals surface area contributed by atoms with Crippen molar-refractivity contribution in [3.8, 4) is 16.9 Å². The molecule has 0 saturated carbocycles. The zero-order chi connectivity index (χ0) is 26.8. The van der Waals surface area contributed by atoms with Crippen LogP contribution in [-0.4, -0.2) is 51.8 Å². The number of benzene rings is 2. The first-order valence-corrected chi connectivity index (χ1v) is 12.3. The van der Waals surface area contributed by atoms with Crippen molar-refractivity contribution in [2.24, 2.45) is 12.0 Å². The Kier molecular flexibility index (Phi) is 7.15. The van der Waals surface area contributed by atoms with Crippen LogP contribution in [0.2, 0.25) is 0 Å². The lowest BCUT2D eigenvalue weighted by Crippen LogP contribution is -2.44. The molecule has 2 unspecified atom stereocenters. The minimum atomic E-state index is -1.18. The molecule has 2 aromatic heterocycles. The number of allylic oxidation sites excluding steroid dienone is 1. The lowest BCUT2D eigenvalue weighted by Gasteiger charge is -2.28. The number of aromatic nitrogens is 4. The maximum Gasteiger partial charge on any atom is 0.156 e. The number of ether oxygens (including phenoxy) is 1. The van der Waals surface area contributed by atoms with Gasteiger partial charge in [-0.05, 0) is 63.4 Å². The van der Waals surface area contributed by atoms with Gasteiger partial charge in [0, 0.05) is 30.9 Å². The number of nitrogens with one attached hydrogen (secondary N) is 2. The maximum absolute atomic E-state index is 15.6. The van der Waals surface area contributed by atoms with E-state index in [1.54, 1.807) is 29.1 Å². The molecule has 0 radical (unpaired) electrons. The third-order valence-electron chi connectivity index (χ3n) is 6.38. The van der Waals surface area contributed by atoms with Gasteiger partial charge in [-0.15, -0.1) is 0 Å². The van der Waals surface area contributed by atoms with Crippen molar-refractivity contribution in [3.05, 3.63) is 59.9 Å². The van der Waals surface area contributed by atoms with Crippen molar-refractivity contribution in [1.29, 1.82) is 0 Å². The van der Waals surface area contributed by atoms with Crippen molar-refractivity contribution in [3.63, 3.8) is 0 Å². The van der Waals surface area contributed by atoms with Crippen LogP contribution < -0.4 is 15.4 Å². The molecule has 2 N–H and O–H groups in total. The summed E-state index contributed by atoms with van der Waals surface area (Å²) in [5, 5.41) is 10.9. The summed E-state index contributed by atoms with van der Waals surface area (Å²) in [6.45, 7) is 8.19. The van der Waals surface area contributed by atoms with Gasteiger partial charge < -0.3 is 15.4 Å². The molecule has 3 heterocycles. The van der Waals surface area contributed by atoms with E-state index in [-0.39, 0.29) is 12.2 Å². The Morgan fingerprint density at radius 3 is 2.82 bits per heavy atom. The molecule has 1 saturated heterocycles. The molecule has 10 heteroatoms. The third-order valence-corrected chi connectivity index (χ3v) is 6.38. The average molecular weight is 518 g/mol. The van der Waals surface area contributed by atoms with Crippen molar-refractivity contribution < 1.29 is 13.5 Å². The Bertz CT molecular complexity index is 1530. The van der Waals surface area contributed by atoms with Gasteiger partial charge in [-0.25, -0.2) is 18.7 Å². The summed E-state index contributed by atoms with van der Waals surface area (Å²) < 4.78 is 38.4. The number of anilines is 2. The summed E-state index contributed by atoms with van der Waals surface area (Å²) in [4.78, 5) is 12.8. The Hall–Kier alpha value is -4.18. The van der Waals surface area contributed by atoms with Gasteiger partial charge >= 0.3 is 0 Å². The lowest BCUT2D eigenvalue weighted by atomic mass is 10.0. The Balaban J connectivity index is 1.64. The van der Waals surface area contributed by atoms with E-state index in [4.69, 9.17) is 4.74 Å². The number of halogens is 2. The number of aliphatic imine (C=N–C) groups is 1. The largest absolute Gasteiger partial charge is 0.486 e. The van der Waals surface area contributed by atoms with Crippen molar-refractivity contribution in [1.82, 2.24) is 25.1 Å². The number of nitrogens with zero attached hydrogens (tertiary/aromatic N) is 5. The van der Waals surface area contributed by atoms with E-state index in [1.165, 1.54) is 6.33 Å². The first-order valence-electron chi connectivity index (χ1n) is 12.3. The molecule has 2 atom stereocenters. The standard InChI is InChI=1S/C28H29F2N7O/c1-16(2)9-19-21(31-3)5-6-22(27(19)30)36-28-26-23(33-15-34-28)10-17(18-12-35-37(4)14-18)11-25(26)38-24-7-8-32-13-20(24)29/h5-6,9-12,14-15,20,24,32H,3,7-8,13H2,1-2,4H3,(H,33,34,36). The molecule has 4 aromatic rings. The molecule has 196 valence electrons. The molecule has 0 bridgehead atoms. The van der Waals surface area contributed by atoms with Crippen molar-refractivity contribution in [2.75, 3.05) is 18.4 Å². The number of alkyl halides is 1. The zero-order valence-corrected chi connectivity index (χ0v) is 21.5. The molecule has 8 nitrogen and oxygen atoms in total. The van der Waals surface area contributed by atoms with Crippen LogP contribution in [-0.2, 0) is 7.05 Å². The van der Waals surface area contributed by atoms with Crippen molar-refractivity contribution >= 4 is 40.9 Å². The Labute approximate surface area is 219 Å². The lowest BCUT2D eigenvalue weighted by molar-refractivity contribution is 0.0744. The minimum absolute atomic E-state index is 0.206. The second-order valence-electron chi connectivity index (χ2n) is 9.52. The van der Waals surface area contributed by atoms with E-state index in [0.29, 0.717) is 46.7 Å². The fourth-order valence-electron chi connectivity index (χ4n) is 4.54. The Morgan fingerprint density at radius 1 is 1.26 bits per heavy atom. The van der Waals surface area contributed by atoms with Gasteiger partial charge in [0.15, 0.2) is 5.82 Å². The van der Waals surface area contributed by atoms with Gasteiger partial charge in [0.2, 0.25) is 0 Å². The average Bonchev–Trinajstić information content (AvgIpc) is 3.34. The topological polar surface area (TPSA) is 89.3 Å². The highest BCUT2D eigenvalue weighted by Crippen LogP contribution is 2.39. The summed E-state index contributed by atoms with van der Waals surface area (Å²) in [6, 6.07) is 7.00. The van der Waals surface area contributed by atoms with Gasteiger partial charge in [-0.2, -0.15) is 5.10 Å². The van der Waals surface area contributed by atoms with E-state index in [2.05, 4.69) is 37.4 Å². The summed E-state index contributed by atoms with van der Waals surface area (Å²) >= 11 is 0. The number of piperidine rings is 1. The molecular formula is C28H29F2N7O. The molecule has 2 aromatic carbocycles. The second kappa shape index (κ2) is 10.7. The fourth-order valence-corrected chi connectivity index (χ4v) is 4.54. The molecule has 38 heavy (non-hydrogen) atoms. The number of hydrogen-bond donors (Lipinski definition) is 2. The quantitative estimate of drug-likeness (QED) is 0.304. The highest BCUT2D eigenvalue weighted by Gasteiger charge is 2.28. The molecule has 1 aliphatic rings. The highest BCUT2D eigenvalue weighted by molar-refractivity contribution is 5.98. The third kappa shape index (κ3) is 5.12. The van der Waals surface area contributed by atoms with Crippen LogP contribution in [0.3, 0.4) is 0 Å². The van der Waals surface area contributed by atoms with E-state index in [0.717, 1.165) is 16.7 Å². The van der Waals surface area contributed by atoms with Crippen LogP contribution in [0.4, 0.5) is 26.0 Å². The molecule has 0 amide bonds. The highest BCUT2D eigenvalue weighted by atomic mass is 19.1. The molecular weight excluding hydrogens is 488 g/mol. The van der Waals surface area contributed by atoms with Crippen LogP contribution in [0, 0.1) is 5.82 Å². The summed E-state index contributed by atoms with van der Waals surface area (Å²) in [5.74, 6) is 0.265. The molecule has 0 spiro atoms. The summed E-state index contributed by atoms with van der Waals surface area (Å²) in [7, 11) is 1.83. The van der Waals surface area contributed by atoms with Crippen molar-refractivity contribution in [2.45, 2.75) is 32.5 Å². The molecule has 0 aliphatic carbocycles. The van der Waals surface area contributed by atoms with Gasteiger partial charge in [0.25, 0.3) is 0 Å². The molecule has 1 fully saturated rings. The van der Waals surface area contributed by atoms with E-state index in [1.807, 2.05) is 39.2 Å². The van der Waals surface area contributed by atoms with Gasteiger partial charge in [0.1, 0.15) is 30.2 Å². The van der Waals surface area contributed by atoms with Crippen LogP contribution in [0.1, 0.15) is 25.8 Å². The predicted octanol–water partition coefficient (Wildman–Crippen LogP) is 5.75. The fraction of sp³-hybridized carbons (Fsp3) is 0.286. The molecule has 1 aliphatic heterocycles. The number of rotatable bonds is 7. The van der Waals surface area contributed by atoms with Crippen LogP contribution in [0.15, 0.2) is 53.6 Å². The monoisotopic (exact) mass is 517 g/mol. The number of hydrogen-bond acceptors (Lipinski definition) is 7. The Morgan fingerprint density at radius 2 is 2.11 bits per heavy atom. The smallest absolute Gasteiger partial charge is 0.156 e. The summed E-state index contributed by atoms with van der Waals surface area (Å²) in [6.07, 6.45) is 5.42. The molecule has 5 rings (SSSR count). The van der Waals surface area contributed by atoms with E-state index >= 15 is 4.39 Å². The maximum atomic E-state index is 15.6. The first kappa shape index (κ1) is 25.5. The first-order chi connectivity index (χ1) is 18.3. The van der Waals surface area contributed by atoms with Gasteiger partial charge in [0.05, 0.1) is 28.5 Å². The van der Waals surface area contributed by atoms with Crippen LogP contribution >= 0.6 is 0 Å². The predicted molar refractivity (Wildman–Crippen MR) is 147 cm³/mol. The number of aryl methyl sites for hydroxylation is 1. The van der Waals surface area contributed by atoms with Crippen LogP contribution in [0.5, 0.6) is 5.75 Å². The SMILES string of the molecule is C=Nc1ccc(Nc2ncnc3cc(-c4cnn(C)c4)cc(OC4CCNCC4F)c23)c(F)c1C=C(C)C.